The number of benzene rings is 1. The molecule has 0 aliphatic carbocycles. The first kappa shape index (κ1) is 19.8. The van der Waals surface area contributed by atoms with Gasteiger partial charge in [0.05, 0.1) is 36.2 Å². The van der Waals surface area contributed by atoms with Crippen molar-refractivity contribution in [2.75, 3.05) is 19.5 Å². The summed E-state index contributed by atoms with van der Waals surface area (Å²) >= 11 is 5.95. The van der Waals surface area contributed by atoms with E-state index in [1.165, 1.54) is 21.1 Å². The molecule has 28 heavy (non-hydrogen) atoms. The lowest BCUT2D eigenvalue weighted by molar-refractivity contribution is -0.137. The molecule has 0 saturated carbocycles. The number of halogens is 4. The molecule has 0 fully saturated rings. The molecule has 2 heterocycles. The molecule has 0 radical (unpaired) electrons. The first-order valence-corrected chi connectivity index (χ1v) is 8.32. The molecule has 0 saturated heterocycles. The molecule has 6 nitrogen and oxygen atoms in total. The molecule has 10 heteroatoms. The Kier molecular flexibility index (Phi) is 5.12. The Morgan fingerprint density at radius 1 is 1.21 bits per heavy atom. The first-order chi connectivity index (χ1) is 13.2. The molecule has 148 valence electrons. The minimum atomic E-state index is -4.62. The smallest absolute Gasteiger partial charge is 0.417 e. The van der Waals surface area contributed by atoms with E-state index in [-0.39, 0.29) is 22.1 Å². The number of amides is 1. The molecule has 1 amide bonds. The third-order valence-corrected chi connectivity index (χ3v) is 4.33. The molecule has 0 spiro atoms. The van der Waals surface area contributed by atoms with Gasteiger partial charge in [0.2, 0.25) is 0 Å². The van der Waals surface area contributed by atoms with E-state index in [0.717, 1.165) is 16.7 Å². The number of methoxy groups -OCH3 is 2. The monoisotopic (exact) mass is 413 g/mol. The highest BCUT2D eigenvalue weighted by Crippen LogP contribution is 2.34. The van der Waals surface area contributed by atoms with Crippen LogP contribution in [0, 0.1) is 6.92 Å². The van der Waals surface area contributed by atoms with E-state index < -0.39 is 17.6 Å². The maximum absolute atomic E-state index is 13.1. The predicted octanol–water partition coefficient (Wildman–Crippen LogP) is 4.58. The van der Waals surface area contributed by atoms with Crippen molar-refractivity contribution in [3.8, 4) is 11.5 Å². The van der Waals surface area contributed by atoms with E-state index in [0.29, 0.717) is 17.2 Å². The van der Waals surface area contributed by atoms with Crippen LogP contribution >= 0.6 is 11.6 Å². The van der Waals surface area contributed by atoms with Gasteiger partial charge in [0, 0.05) is 12.3 Å². The number of carbonyl (C=O) groups excluding carboxylic acids is 1. The minimum absolute atomic E-state index is 0.0546. The Balaban J connectivity index is 2.07. The van der Waals surface area contributed by atoms with Crippen LogP contribution in [0.5, 0.6) is 11.5 Å². The number of imidazole rings is 1. The number of carbonyl (C=O) groups is 1. The van der Waals surface area contributed by atoms with Crippen LogP contribution in [0.25, 0.3) is 5.65 Å². The highest BCUT2D eigenvalue weighted by Gasteiger charge is 2.33. The van der Waals surface area contributed by atoms with E-state index in [1.807, 2.05) is 0 Å². The molecule has 1 N–H and O–H groups in total. The summed E-state index contributed by atoms with van der Waals surface area (Å²) in [6, 6.07) is 5.51. The van der Waals surface area contributed by atoms with E-state index in [1.54, 1.807) is 18.2 Å². The number of alkyl halides is 3. The summed E-state index contributed by atoms with van der Waals surface area (Å²) in [6.07, 6.45) is -3.83. The summed E-state index contributed by atoms with van der Waals surface area (Å²) in [6.45, 7) is 1.51. The van der Waals surface area contributed by atoms with Crippen LogP contribution in [-0.4, -0.2) is 29.5 Å². The number of hydrogen-bond donors (Lipinski definition) is 1. The Morgan fingerprint density at radius 2 is 1.93 bits per heavy atom. The predicted molar refractivity (Wildman–Crippen MR) is 97.4 cm³/mol. The summed E-state index contributed by atoms with van der Waals surface area (Å²) in [5.74, 6) is 0.180. The zero-order chi connectivity index (χ0) is 20.6. The van der Waals surface area contributed by atoms with Crippen LogP contribution in [0.15, 0.2) is 30.5 Å². The molecule has 0 unspecified atom stereocenters. The zero-order valence-electron chi connectivity index (χ0n) is 15.0. The van der Waals surface area contributed by atoms with Crippen LogP contribution in [0.3, 0.4) is 0 Å². The fourth-order valence-electron chi connectivity index (χ4n) is 2.73. The van der Waals surface area contributed by atoms with Crippen molar-refractivity contribution >= 4 is 28.8 Å². The van der Waals surface area contributed by atoms with Crippen molar-refractivity contribution in [2.24, 2.45) is 0 Å². The number of aromatic nitrogens is 2. The third-order valence-electron chi connectivity index (χ3n) is 4.05. The molecule has 0 bridgehead atoms. The SMILES string of the molecule is COc1ccc(NC(=O)c2c(C)nc3c(Cl)cc(C(F)(F)F)cn23)c(OC)c1. The van der Waals surface area contributed by atoms with Crippen LogP contribution in [0.2, 0.25) is 5.02 Å². The number of hydrogen-bond acceptors (Lipinski definition) is 4. The number of ether oxygens (including phenoxy) is 2. The van der Waals surface area contributed by atoms with Crippen molar-refractivity contribution in [3.63, 3.8) is 0 Å². The lowest BCUT2D eigenvalue weighted by Crippen LogP contribution is -2.17. The van der Waals surface area contributed by atoms with Crippen LogP contribution in [-0.2, 0) is 6.18 Å². The minimum Gasteiger partial charge on any atom is -0.497 e. The van der Waals surface area contributed by atoms with E-state index in [4.69, 9.17) is 21.1 Å². The summed E-state index contributed by atoms with van der Waals surface area (Å²) in [7, 11) is 2.90. The second-order valence-corrected chi connectivity index (χ2v) is 6.24. The number of nitrogens with zero attached hydrogens (tertiary/aromatic N) is 2. The first-order valence-electron chi connectivity index (χ1n) is 7.94. The molecule has 0 aliphatic heterocycles. The average Bonchev–Trinajstić information content (AvgIpc) is 2.98. The van der Waals surface area contributed by atoms with Gasteiger partial charge in [-0.3, -0.25) is 9.20 Å². The van der Waals surface area contributed by atoms with Crippen molar-refractivity contribution in [3.05, 3.63) is 52.4 Å². The molecule has 0 atom stereocenters. The van der Waals surface area contributed by atoms with Crippen molar-refractivity contribution in [1.82, 2.24) is 9.38 Å². The van der Waals surface area contributed by atoms with E-state index >= 15 is 0 Å². The fourth-order valence-corrected chi connectivity index (χ4v) is 2.98. The lowest BCUT2D eigenvalue weighted by atomic mass is 10.2. The lowest BCUT2D eigenvalue weighted by Gasteiger charge is -2.13. The maximum atomic E-state index is 13.1. The highest BCUT2D eigenvalue weighted by atomic mass is 35.5. The highest BCUT2D eigenvalue weighted by molar-refractivity contribution is 6.33. The molecular formula is C18H15ClF3N3O3. The molecule has 0 aliphatic rings. The van der Waals surface area contributed by atoms with Gasteiger partial charge in [-0.05, 0) is 25.1 Å². The summed E-state index contributed by atoms with van der Waals surface area (Å²) in [4.78, 5) is 16.9. The Bertz CT molecular complexity index is 1060. The fraction of sp³-hybridized carbons (Fsp3) is 0.222. The van der Waals surface area contributed by atoms with Gasteiger partial charge in [0.15, 0.2) is 5.65 Å². The topological polar surface area (TPSA) is 64.9 Å². The maximum Gasteiger partial charge on any atom is 0.417 e. The van der Waals surface area contributed by atoms with Crippen LogP contribution < -0.4 is 14.8 Å². The summed E-state index contributed by atoms with van der Waals surface area (Å²) < 4.78 is 50.7. The number of fused-ring (bicyclic) bond motifs is 1. The molecular weight excluding hydrogens is 399 g/mol. The summed E-state index contributed by atoms with van der Waals surface area (Å²) in [5, 5.41) is 2.41. The second kappa shape index (κ2) is 7.23. The second-order valence-electron chi connectivity index (χ2n) is 5.83. The van der Waals surface area contributed by atoms with Gasteiger partial charge in [-0.25, -0.2) is 4.98 Å². The third kappa shape index (κ3) is 3.57. The van der Waals surface area contributed by atoms with Crippen molar-refractivity contribution in [2.45, 2.75) is 13.1 Å². The van der Waals surface area contributed by atoms with Crippen LogP contribution in [0.4, 0.5) is 18.9 Å². The molecule has 3 aromatic rings. The normalized spacial score (nSPS) is 11.5. The van der Waals surface area contributed by atoms with Gasteiger partial charge in [0.1, 0.15) is 17.2 Å². The number of pyridine rings is 1. The van der Waals surface area contributed by atoms with Gasteiger partial charge in [-0.15, -0.1) is 0 Å². The average molecular weight is 414 g/mol. The van der Waals surface area contributed by atoms with Gasteiger partial charge in [0.25, 0.3) is 5.91 Å². The largest absolute Gasteiger partial charge is 0.497 e. The van der Waals surface area contributed by atoms with E-state index in [9.17, 15) is 18.0 Å². The number of nitrogens with one attached hydrogen (secondary N) is 1. The van der Waals surface area contributed by atoms with Crippen molar-refractivity contribution < 1.29 is 27.4 Å². The molecule has 2 aromatic heterocycles. The quantitative estimate of drug-likeness (QED) is 0.679. The Morgan fingerprint density at radius 3 is 2.54 bits per heavy atom. The van der Waals surface area contributed by atoms with Gasteiger partial charge in [-0.1, -0.05) is 11.6 Å². The molecule has 3 rings (SSSR count). The Labute approximate surface area is 162 Å². The van der Waals surface area contributed by atoms with Gasteiger partial charge < -0.3 is 14.8 Å². The number of aryl methyl sites for hydroxylation is 1. The van der Waals surface area contributed by atoms with E-state index in [2.05, 4.69) is 10.3 Å². The number of anilines is 1. The van der Waals surface area contributed by atoms with Crippen molar-refractivity contribution in [1.29, 1.82) is 0 Å². The standard InChI is InChI=1S/C18H15ClF3N3O3/c1-9-15(17(26)24-13-5-4-11(27-2)7-14(13)28-3)25-8-10(18(20,21)22)6-12(19)16(25)23-9/h4-8H,1-3H3,(H,24,26). The zero-order valence-corrected chi connectivity index (χ0v) is 15.8. The van der Waals surface area contributed by atoms with Crippen LogP contribution in [0.1, 0.15) is 21.7 Å². The van der Waals surface area contributed by atoms with Gasteiger partial charge in [-0.2, -0.15) is 13.2 Å². The summed E-state index contributed by atoms with van der Waals surface area (Å²) in [5.41, 5.74) is -0.453. The number of rotatable bonds is 4. The van der Waals surface area contributed by atoms with Gasteiger partial charge >= 0.3 is 6.18 Å². The molecule has 1 aromatic carbocycles. The Hall–Kier alpha value is -2.94.